The van der Waals surface area contributed by atoms with Gasteiger partial charge in [0.25, 0.3) is 0 Å². The Balaban J connectivity index is 2.69. The molecule has 0 aliphatic carbocycles. The summed E-state index contributed by atoms with van der Waals surface area (Å²) in [4.78, 5) is 14.8. The van der Waals surface area contributed by atoms with Crippen molar-refractivity contribution >= 4 is 25.4 Å². The third-order valence-corrected chi connectivity index (χ3v) is 4.09. The summed E-state index contributed by atoms with van der Waals surface area (Å²) in [5, 5.41) is 0. The Kier molecular flexibility index (Phi) is 3.92. The van der Waals surface area contributed by atoms with Crippen LogP contribution in [0.1, 0.15) is 12.6 Å². The number of imidazole rings is 1. The second-order valence-corrected chi connectivity index (χ2v) is 7.64. The van der Waals surface area contributed by atoms with E-state index in [0.29, 0.717) is 5.75 Å². The van der Waals surface area contributed by atoms with E-state index in [1.54, 1.807) is 10.8 Å². The van der Waals surface area contributed by atoms with Gasteiger partial charge in [-0.1, -0.05) is 0 Å². The third kappa shape index (κ3) is 4.48. The van der Waals surface area contributed by atoms with Gasteiger partial charge in [0.05, 0.1) is 18.6 Å². The van der Waals surface area contributed by atoms with Crippen LogP contribution in [0.15, 0.2) is 12.5 Å². The number of rotatable bonds is 5. The number of nitrogens with zero attached hydrogens (tertiary/aromatic N) is 2. The van der Waals surface area contributed by atoms with Crippen molar-refractivity contribution < 1.29 is 13.2 Å². The number of ketones is 1. The summed E-state index contributed by atoms with van der Waals surface area (Å²) in [6, 6.07) is 0. The van der Waals surface area contributed by atoms with E-state index in [1.165, 1.54) is 13.3 Å². The van der Waals surface area contributed by atoms with Gasteiger partial charge in [-0.15, -0.1) is 0 Å². The van der Waals surface area contributed by atoms with Gasteiger partial charge < -0.3 is 4.57 Å². The van der Waals surface area contributed by atoms with Crippen LogP contribution in [0.2, 0.25) is 0 Å². The zero-order valence-electron chi connectivity index (χ0n) is 8.50. The van der Waals surface area contributed by atoms with Gasteiger partial charge in [0.15, 0.2) is 8.87 Å². The lowest BCUT2D eigenvalue weighted by atomic mass is 10.4. The highest BCUT2D eigenvalue weighted by molar-refractivity contribution is 8.71. The van der Waals surface area contributed by atoms with Gasteiger partial charge >= 0.3 is 0 Å². The van der Waals surface area contributed by atoms with E-state index in [4.69, 9.17) is 0 Å². The largest absolute Gasteiger partial charge is 0.326 e. The Bertz CT molecular complexity index is 450. The molecular weight excluding hydrogens is 236 g/mol. The fourth-order valence-corrected chi connectivity index (χ4v) is 2.60. The molecule has 0 aliphatic heterocycles. The molecule has 0 saturated carbocycles. The predicted molar refractivity (Wildman–Crippen MR) is 59.0 cm³/mol. The fraction of sp³-hybridized carbons (Fsp3) is 0.500. The smallest absolute Gasteiger partial charge is 0.199 e. The van der Waals surface area contributed by atoms with Crippen molar-refractivity contribution in [1.82, 2.24) is 9.55 Å². The molecule has 0 bridgehead atoms. The van der Waals surface area contributed by atoms with Crippen LogP contribution in [-0.4, -0.2) is 30.0 Å². The molecular formula is C8H12N2O3S2. The fourth-order valence-electron chi connectivity index (χ4n) is 1.02. The Morgan fingerprint density at radius 1 is 1.60 bits per heavy atom. The minimum Gasteiger partial charge on any atom is -0.326 e. The molecule has 1 heterocycles. The lowest BCUT2D eigenvalue weighted by Gasteiger charge is -2.04. The lowest BCUT2D eigenvalue weighted by molar-refractivity contribution is -0.117. The van der Waals surface area contributed by atoms with E-state index in [9.17, 15) is 13.2 Å². The van der Waals surface area contributed by atoms with E-state index in [1.807, 2.05) is 0 Å². The molecule has 15 heavy (non-hydrogen) atoms. The van der Waals surface area contributed by atoms with Crippen LogP contribution in [0, 0.1) is 0 Å². The molecule has 0 fully saturated rings. The minimum atomic E-state index is -3.05. The van der Waals surface area contributed by atoms with Crippen LogP contribution < -0.4 is 0 Å². The highest BCUT2D eigenvalue weighted by Crippen LogP contribution is 2.17. The van der Waals surface area contributed by atoms with Crippen molar-refractivity contribution in [2.24, 2.45) is 0 Å². The van der Waals surface area contributed by atoms with Gasteiger partial charge in [0.1, 0.15) is 5.78 Å². The summed E-state index contributed by atoms with van der Waals surface area (Å²) < 4.78 is 23.5. The van der Waals surface area contributed by atoms with E-state index in [2.05, 4.69) is 4.98 Å². The van der Waals surface area contributed by atoms with Gasteiger partial charge in [-0.05, 0) is 17.7 Å². The van der Waals surface area contributed by atoms with E-state index >= 15 is 0 Å². The first kappa shape index (κ1) is 12.3. The zero-order valence-corrected chi connectivity index (χ0v) is 10.1. The van der Waals surface area contributed by atoms with E-state index in [0.717, 1.165) is 22.7 Å². The van der Waals surface area contributed by atoms with Gasteiger partial charge in [-0.3, -0.25) is 4.79 Å². The molecule has 0 aliphatic rings. The van der Waals surface area contributed by atoms with Gasteiger partial charge in [-0.2, -0.15) is 0 Å². The molecule has 0 aromatic carbocycles. The first-order valence-electron chi connectivity index (χ1n) is 4.21. The summed E-state index contributed by atoms with van der Waals surface area (Å²) >= 11 is 0. The number of hydrogen-bond donors (Lipinski definition) is 0. The summed E-state index contributed by atoms with van der Waals surface area (Å²) in [7, 11) is -2.22. The Morgan fingerprint density at radius 3 is 2.80 bits per heavy atom. The molecule has 1 aromatic rings. The second-order valence-electron chi connectivity index (χ2n) is 3.18. The van der Waals surface area contributed by atoms with E-state index in [-0.39, 0.29) is 12.3 Å². The highest BCUT2D eigenvalue weighted by atomic mass is 33.1. The molecule has 5 nitrogen and oxygen atoms in total. The highest BCUT2D eigenvalue weighted by Gasteiger charge is 2.08. The summed E-state index contributed by atoms with van der Waals surface area (Å²) in [5.74, 6) is 0.324. The number of aromatic nitrogens is 2. The van der Waals surface area contributed by atoms with Crippen LogP contribution in [0.25, 0.3) is 0 Å². The van der Waals surface area contributed by atoms with Gasteiger partial charge in [0.2, 0.25) is 0 Å². The standard InChI is InChI=1S/C8H12N2O3S2/c1-7(11)4-10-6-9-3-8(10)5-14-15(2,12)13/h3,6H,4-5H2,1-2H3. The van der Waals surface area contributed by atoms with Crippen LogP contribution in [0.4, 0.5) is 0 Å². The summed E-state index contributed by atoms with van der Waals surface area (Å²) in [6.45, 7) is 1.72. The first-order valence-corrected chi connectivity index (χ1v) is 7.61. The zero-order chi connectivity index (χ0) is 11.5. The van der Waals surface area contributed by atoms with Crippen LogP contribution in [-0.2, 0) is 26.0 Å². The summed E-state index contributed by atoms with van der Waals surface area (Å²) in [6.07, 6.45) is 4.25. The van der Waals surface area contributed by atoms with Gasteiger partial charge in [0, 0.05) is 18.1 Å². The number of carbonyl (C=O) groups excluding carboxylic acids is 1. The maximum absolute atomic E-state index is 10.9. The maximum atomic E-state index is 10.9. The molecule has 1 rings (SSSR count). The number of hydrogen-bond acceptors (Lipinski definition) is 5. The predicted octanol–water partition coefficient (Wildman–Crippen LogP) is 0.665. The normalized spacial score (nSPS) is 11.6. The average Bonchev–Trinajstić information content (AvgIpc) is 2.46. The third-order valence-electron chi connectivity index (χ3n) is 1.61. The van der Waals surface area contributed by atoms with Crippen LogP contribution in [0.5, 0.6) is 0 Å². The first-order chi connectivity index (χ1) is 6.88. The molecule has 0 saturated heterocycles. The van der Waals surface area contributed by atoms with Crippen molar-refractivity contribution in [3.05, 3.63) is 18.2 Å². The van der Waals surface area contributed by atoms with E-state index < -0.39 is 8.87 Å². The number of Topliss-reactive ketones (excluding diaryl/α,β-unsaturated/α-hetero) is 1. The minimum absolute atomic E-state index is 0.0126. The average molecular weight is 248 g/mol. The monoisotopic (exact) mass is 248 g/mol. The lowest BCUT2D eigenvalue weighted by Crippen LogP contribution is -2.08. The summed E-state index contributed by atoms with van der Waals surface area (Å²) in [5.41, 5.74) is 0.737. The maximum Gasteiger partial charge on any atom is 0.199 e. The molecule has 0 spiro atoms. The second kappa shape index (κ2) is 4.80. The molecule has 0 amide bonds. The molecule has 0 atom stereocenters. The molecule has 84 valence electrons. The molecule has 0 unspecified atom stereocenters. The quantitative estimate of drug-likeness (QED) is 0.716. The van der Waals surface area contributed by atoms with Crippen LogP contribution in [0.3, 0.4) is 0 Å². The SMILES string of the molecule is CC(=O)Cn1cncc1CSS(C)(=O)=O. The Labute approximate surface area is 92.2 Å². The topological polar surface area (TPSA) is 69.0 Å². The Morgan fingerprint density at radius 2 is 2.27 bits per heavy atom. The Hall–Kier alpha value is -0.820. The van der Waals surface area contributed by atoms with Crippen LogP contribution >= 0.6 is 10.8 Å². The van der Waals surface area contributed by atoms with Crippen molar-refractivity contribution in [1.29, 1.82) is 0 Å². The molecule has 0 N–H and O–H groups in total. The molecule has 0 radical (unpaired) electrons. The molecule has 7 heteroatoms. The number of carbonyl (C=O) groups is 1. The van der Waals surface area contributed by atoms with Crippen molar-refractivity contribution in [2.75, 3.05) is 6.26 Å². The molecule has 1 aromatic heterocycles. The van der Waals surface area contributed by atoms with Crippen molar-refractivity contribution in [2.45, 2.75) is 19.2 Å². The van der Waals surface area contributed by atoms with Crippen molar-refractivity contribution in [3.63, 3.8) is 0 Å². The van der Waals surface area contributed by atoms with Gasteiger partial charge in [-0.25, -0.2) is 13.4 Å². The van der Waals surface area contributed by atoms with Crippen molar-refractivity contribution in [3.8, 4) is 0 Å².